The number of anilines is 1. The first-order valence-corrected chi connectivity index (χ1v) is 11.0. The second-order valence-electron chi connectivity index (χ2n) is 6.56. The summed E-state index contributed by atoms with van der Waals surface area (Å²) in [7, 11) is -4.08. The molecule has 1 amide bonds. The molecule has 0 fully saturated rings. The number of para-hydroxylation sites is 1. The van der Waals surface area contributed by atoms with E-state index in [4.69, 9.17) is 13.7 Å². The predicted molar refractivity (Wildman–Crippen MR) is 117 cm³/mol. The second kappa shape index (κ2) is 10.5. The van der Waals surface area contributed by atoms with E-state index in [2.05, 4.69) is 5.32 Å². The van der Waals surface area contributed by atoms with Crippen LogP contribution in [0.15, 0.2) is 83.8 Å². The molecule has 0 radical (unpaired) electrons. The lowest BCUT2D eigenvalue weighted by Gasteiger charge is -2.09. The van der Waals surface area contributed by atoms with E-state index in [0.29, 0.717) is 11.4 Å². The van der Waals surface area contributed by atoms with Crippen molar-refractivity contribution in [2.45, 2.75) is 11.8 Å². The van der Waals surface area contributed by atoms with Crippen LogP contribution in [-0.2, 0) is 19.6 Å². The number of amides is 1. The van der Waals surface area contributed by atoms with Gasteiger partial charge in [-0.3, -0.25) is 4.79 Å². The Morgan fingerprint density at radius 2 is 1.47 bits per heavy atom. The molecule has 0 unspecified atom stereocenters. The summed E-state index contributed by atoms with van der Waals surface area (Å²) in [6, 6.07) is 20.2. The monoisotopic (exact) mass is 455 g/mol. The molecular formula is C23H21NO7S. The van der Waals surface area contributed by atoms with Gasteiger partial charge >= 0.3 is 16.1 Å². The van der Waals surface area contributed by atoms with Crippen molar-refractivity contribution < 1.29 is 31.7 Å². The van der Waals surface area contributed by atoms with Crippen molar-refractivity contribution in [1.82, 2.24) is 0 Å². The van der Waals surface area contributed by atoms with Gasteiger partial charge in [0.1, 0.15) is 29.6 Å². The largest absolute Gasteiger partial charge is 0.490 e. The molecule has 0 atom stereocenters. The van der Waals surface area contributed by atoms with Crippen LogP contribution >= 0.6 is 0 Å². The molecule has 166 valence electrons. The molecule has 0 saturated heterocycles. The van der Waals surface area contributed by atoms with Crippen LogP contribution in [0.4, 0.5) is 5.69 Å². The van der Waals surface area contributed by atoms with Crippen molar-refractivity contribution >= 4 is 27.7 Å². The minimum Gasteiger partial charge on any atom is -0.490 e. The zero-order valence-corrected chi connectivity index (χ0v) is 18.0. The van der Waals surface area contributed by atoms with Crippen molar-refractivity contribution in [3.8, 4) is 11.5 Å². The highest BCUT2D eigenvalue weighted by Crippen LogP contribution is 2.21. The van der Waals surface area contributed by atoms with Gasteiger partial charge in [-0.15, -0.1) is 0 Å². The zero-order valence-electron chi connectivity index (χ0n) is 17.2. The number of nitrogens with one attached hydrogen (secondary N) is 1. The molecule has 0 bridgehead atoms. The van der Waals surface area contributed by atoms with Crippen LogP contribution in [0.3, 0.4) is 0 Å². The Bertz CT molecular complexity index is 1160. The zero-order chi connectivity index (χ0) is 23.0. The SMILES string of the molecule is CC(=O)Nc1ccc(S(=O)(=O)Oc2ccc(C(=O)OCCOc3ccccc3)cc2)cc1. The Morgan fingerprint density at radius 3 is 2.09 bits per heavy atom. The second-order valence-corrected chi connectivity index (χ2v) is 8.11. The maximum Gasteiger partial charge on any atom is 0.339 e. The fourth-order valence-electron chi connectivity index (χ4n) is 2.62. The third kappa shape index (κ3) is 6.58. The van der Waals surface area contributed by atoms with Crippen LogP contribution in [-0.4, -0.2) is 33.5 Å². The molecule has 0 heterocycles. The lowest BCUT2D eigenvalue weighted by Crippen LogP contribution is -2.13. The molecule has 32 heavy (non-hydrogen) atoms. The highest BCUT2D eigenvalue weighted by atomic mass is 32.2. The number of ether oxygens (including phenoxy) is 2. The molecule has 9 heteroatoms. The molecule has 0 aliphatic carbocycles. The van der Waals surface area contributed by atoms with Crippen molar-refractivity contribution in [2.75, 3.05) is 18.5 Å². The average Bonchev–Trinajstić information content (AvgIpc) is 2.77. The number of rotatable bonds is 9. The van der Waals surface area contributed by atoms with E-state index in [1.807, 2.05) is 18.2 Å². The summed E-state index contributed by atoms with van der Waals surface area (Å²) >= 11 is 0. The molecule has 8 nitrogen and oxygen atoms in total. The van der Waals surface area contributed by atoms with E-state index >= 15 is 0 Å². The van der Waals surface area contributed by atoms with E-state index in [1.54, 1.807) is 12.1 Å². The molecule has 0 saturated carbocycles. The van der Waals surface area contributed by atoms with E-state index in [9.17, 15) is 18.0 Å². The fourth-order valence-corrected chi connectivity index (χ4v) is 3.55. The summed E-state index contributed by atoms with van der Waals surface area (Å²) in [4.78, 5) is 23.1. The number of hydrogen-bond acceptors (Lipinski definition) is 7. The summed E-state index contributed by atoms with van der Waals surface area (Å²) in [6.45, 7) is 1.62. The fraction of sp³-hybridized carbons (Fsp3) is 0.130. The summed E-state index contributed by atoms with van der Waals surface area (Å²) in [5.74, 6) is -0.111. The van der Waals surface area contributed by atoms with Crippen LogP contribution in [0.5, 0.6) is 11.5 Å². The van der Waals surface area contributed by atoms with Crippen LogP contribution in [0.25, 0.3) is 0 Å². The minimum atomic E-state index is -4.08. The minimum absolute atomic E-state index is 0.0416. The van der Waals surface area contributed by atoms with Gasteiger partial charge in [0.05, 0.1) is 5.56 Å². The van der Waals surface area contributed by atoms with Gasteiger partial charge in [0, 0.05) is 12.6 Å². The molecule has 0 aromatic heterocycles. The maximum atomic E-state index is 12.4. The smallest absolute Gasteiger partial charge is 0.339 e. The number of esters is 1. The van der Waals surface area contributed by atoms with Gasteiger partial charge in [-0.25, -0.2) is 4.79 Å². The van der Waals surface area contributed by atoms with Crippen molar-refractivity contribution in [2.24, 2.45) is 0 Å². The maximum absolute atomic E-state index is 12.4. The first-order valence-electron chi connectivity index (χ1n) is 9.61. The topological polar surface area (TPSA) is 108 Å². The summed E-state index contributed by atoms with van der Waals surface area (Å²) in [5.41, 5.74) is 0.711. The summed E-state index contributed by atoms with van der Waals surface area (Å²) in [6.07, 6.45) is 0. The van der Waals surface area contributed by atoms with Crippen LogP contribution in [0.2, 0.25) is 0 Å². The number of carbonyl (C=O) groups excluding carboxylic acids is 2. The van der Waals surface area contributed by atoms with Gasteiger partial charge in [-0.2, -0.15) is 8.42 Å². The van der Waals surface area contributed by atoms with Crippen molar-refractivity contribution in [1.29, 1.82) is 0 Å². The Kier molecular flexibility index (Phi) is 7.45. The summed E-state index contributed by atoms with van der Waals surface area (Å²) < 4.78 is 40.6. The van der Waals surface area contributed by atoms with Crippen molar-refractivity contribution in [3.05, 3.63) is 84.4 Å². The summed E-state index contributed by atoms with van der Waals surface area (Å²) in [5, 5.41) is 2.55. The molecule has 3 rings (SSSR count). The number of carbonyl (C=O) groups is 2. The third-order valence-corrected chi connectivity index (χ3v) is 5.35. The molecular weight excluding hydrogens is 434 g/mol. The number of hydrogen-bond donors (Lipinski definition) is 1. The molecule has 1 N–H and O–H groups in total. The molecule has 3 aromatic rings. The predicted octanol–water partition coefficient (Wildman–Crippen LogP) is 3.65. The van der Waals surface area contributed by atoms with Crippen LogP contribution in [0.1, 0.15) is 17.3 Å². The van der Waals surface area contributed by atoms with Crippen molar-refractivity contribution in [3.63, 3.8) is 0 Å². The normalized spacial score (nSPS) is 10.8. The first kappa shape index (κ1) is 22.8. The third-order valence-electron chi connectivity index (χ3n) is 4.09. The number of benzene rings is 3. The molecule has 0 aliphatic heterocycles. The highest BCUT2D eigenvalue weighted by Gasteiger charge is 2.17. The Labute approximate surface area is 185 Å². The Morgan fingerprint density at radius 1 is 0.812 bits per heavy atom. The molecule has 3 aromatic carbocycles. The van der Waals surface area contributed by atoms with Gasteiger partial charge in [-0.1, -0.05) is 18.2 Å². The first-order chi connectivity index (χ1) is 15.3. The van der Waals surface area contributed by atoms with E-state index < -0.39 is 16.1 Å². The quantitative estimate of drug-likeness (QED) is 0.298. The lowest BCUT2D eigenvalue weighted by molar-refractivity contribution is -0.114. The van der Waals surface area contributed by atoms with Gasteiger partial charge < -0.3 is 19.0 Å². The van der Waals surface area contributed by atoms with E-state index in [1.165, 1.54) is 55.5 Å². The van der Waals surface area contributed by atoms with Crippen LogP contribution < -0.4 is 14.2 Å². The van der Waals surface area contributed by atoms with Gasteiger partial charge in [0.25, 0.3) is 0 Å². The lowest BCUT2D eigenvalue weighted by atomic mass is 10.2. The average molecular weight is 455 g/mol. The van der Waals surface area contributed by atoms with Crippen LogP contribution in [0, 0.1) is 0 Å². The van der Waals surface area contributed by atoms with Gasteiger partial charge in [0.2, 0.25) is 5.91 Å². The standard InChI is InChI=1S/C23H21NO7S/c1-17(25)24-19-9-13-22(14-10-19)32(27,28)31-21-11-7-18(8-12-21)23(26)30-16-15-29-20-5-3-2-4-6-20/h2-14H,15-16H2,1H3,(H,24,25). The molecule has 0 spiro atoms. The highest BCUT2D eigenvalue weighted by molar-refractivity contribution is 7.87. The van der Waals surface area contributed by atoms with Gasteiger partial charge in [0.15, 0.2) is 0 Å². The van der Waals surface area contributed by atoms with Gasteiger partial charge in [-0.05, 0) is 60.7 Å². The van der Waals surface area contributed by atoms with E-state index in [-0.39, 0.29) is 35.3 Å². The van der Waals surface area contributed by atoms with E-state index in [0.717, 1.165) is 0 Å². The Hall–Kier alpha value is -3.85. The molecule has 0 aliphatic rings. The Balaban J connectivity index is 1.53.